The first-order valence-electron chi connectivity index (χ1n) is 5.27. The summed E-state index contributed by atoms with van der Waals surface area (Å²) in [7, 11) is 0. The number of hydrogen-bond acceptors (Lipinski definition) is 4. The van der Waals surface area contributed by atoms with Crippen LogP contribution >= 0.6 is 27.3 Å². The Balaban J connectivity index is 2.16. The van der Waals surface area contributed by atoms with Gasteiger partial charge in [0.15, 0.2) is 5.78 Å². The summed E-state index contributed by atoms with van der Waals surface area (Å²) in [4.78, 5) is 22.6. The molecule has 0 unspecified atom stereocenters. The average molecular weight is 338 g/mol. The number of ketones is 1. The van der Waals surface area contributed by atoms with E-state index in [1.807, 2.05) is 5.38 Å². The second-order valence-corrected chi connectivity index (χ2v) is 5.51. The minimum Gasteiger partial charge on any atom is -0.288 e. The van der Waals surface area contributed by atoms with Crippen LogP contribution in [-0.2, 0) is 0 Å². The van der Waals surface area contributed by atoms with Crippen molar-refractivity contribution in [2.45, 2.75) is 0 Å². The third kappa shape index (κ3) is 3.59. The van der Waals surface area contributed by atoms with Crippen molar-refractivity contribution in [1.82, 2.24) is 0 Å². The van der Waals surface area contributed by atoms with Crippen molar-refractivity contribution < 1.29 is 9.72 Å². The molecule has 0 amide bonds. The molecule has 0 aliphatic rings. The predicted octanol–water partition coefficient (Wildman–Crippen LogP) is 4.31. The van der Waals surface area contributed by atoms with Crippen LogP contribution in [0.5, 0.6) is 0 Å². The largest absolute Gasteiger partial charge is 0.288 e. The second-order valence-electron chi connectivity index (χ2n) is 3.68. The van der Waals surface area contributed by atoms with Crippen LogP contribution in [-0.4, -0.2) is 10.7 Å². The van der Waals surface area contributed by atoms with E-state index in [2.05, 4.69) is 15.9 Å². The molecule has 0 radical (unpaired) electrons. The molecule has 1 heterocycles. The Kier molecular flexibility index (Phi) is 4.24. The van der Waals surface area contributed by atoms with Crippen LogP contribution in [0.15, 0.2) is 46.3 Å². The van der Waals surface area contributed by atoms with Crippen LogP contribution in [0.25, 0.3) is 6.08 Å². The second kappa shape index (κ2) is 5.90. The van der Waals surface area contributed by atoms with Crippen LogP contribution in [0.1, 0.15) is 15.2 Å². The van der Waals surface area contributed by atoms with Gasteiger partial charge < -0.3 is 0 Å². The molecule has 2 aromatic rings. The van der Waals surface area contributed by atoms with Crippen molar-refractivity contribution in [1.29, 1.82) is 0 Å². The molecule has 19 heavy (non-hydrogen) atoms. The lowest BCUT2D eigenvalue weighted by Crippen LogP contribution is -1.90. The smallest absolute Gasteiger partial charge is 0.270 e. The zero-order valence-corrected chi connectivity index (χ0v) is 12.0. The van der Waals surface area contributed by atoms with Gasteiger partial charge in [-0.25, -0.2) is 0 Å². The van der Waals surface area contributed by atoms with E-state index < -0.39 is 4.92 Å². The van der Waals surface area contributed by atoms with Gasteiger partial charge in [-0.2, -0.15) is 0 Å². The number of rotatable bonds is 4. The fraction of sp³-hybridized carbons (Fsp3) is 0. The lowest BCUT2D eigenvalue weighted by Gasteiger charge is -1.94. The van der Waals surface area contributed by atoms with E-state index in [1.54, 1.807) is 24.3 Å². The van der Waals surface area contributed by atoms with E-state index in [9.17, 15) is 14.9 Å². The quantitative estimate of drug-likeness (QED) is 0.361. The van der Waals surface area contributed by atoms with Crippen molar-refractivity contribution in [2.75, 3.05) is 0 Å². The maximum atomic E-state index is 11.8. The highest BCUT2D eigenvalue weighted by Crippen LogP contribution is 2.21. The molecule has 0 atom stereocenters. The third-order valence-electron chi connectivity index (χ3n) is 2.32. The van der Waals surface area contributed by atoms with E-state index in [1.165, 1.54) is 29.5 Å². The fourth-order valence-corrected chi connectivity index (χ4v) is 2.79. The van der Waals surface area contributed by atoms with Crippen molar-refractivity contribution in [3.63, 3.8) is 0 Å². The molecule has 0 aliphatic heterocycles. The van der Waals surface area contributed by atoms with Crippen LogP contribution < -0.4 is 0 Å². The van der Waals surface area contributed by atoms with Crippen molar-refractivity contribution in [3.05, 3.63) is 66.8 Å². The SMILES string of the molecule is O=C(/C=C/c1cccc([N+](=O)[O-])c1)c1cc(Br)cs1. The molecule has 0 saturated carbocycles. The van der Waals surface area contributed by atoms with Gasteiger partial charge in [-0.1, -0.05) is 18.2 Å². The van der Waals surface area contributed by atoms with E-state index in [0.717, 1.165) is 4.47 Å². The first-order chi connectivity index (χ1) is 9.06. The molecule has 0 aliphatic carbocycles. The van der Waals surface area contributed by atoms with Crippen molar-refractivity contribution in [2.24, 2.45) is 0 Å². The van der Waals surface area contributed by atoms with Gasteiger partial charge in [0.2, 0.25) is 0 Å². The molecule has 1 aromatic heterocycles. The Morgan fingerprint density at radius 1 is 1.37 bits per heavy atom. The number of halogens is 1. The molecular weight excluding hydrogens is 330 g/mol. The summed E-state index contributed by atoms with van der Waals surface area (Å²) < 4.78 is 0.865. The molecule has 0 saturated heterocycles. The number of carbonyl (C=O) groups is 1. The number of hydrogen-bond donors (Lipinski definition) is 0. The van der Waals surface area contributed by atoms with Gasteiger partial charge in [-0.05, 0) is 33.6 Å². The summed E-state index contributed by atoms with van der Waals surface area (Å²) in [6.45, 7) is 0. The summed E-state index contributed by atoms with van der Waals surface area (Å²) >= 11 is 4.63. The Morgan fingerprint density at radius 2 is 2.16 bits per heavy atom. The summed E-state index contributed by atoms with van der Waals surface area (Å²) in [6, 6.07) is 7.87. The van der Waals surface area contributed by atoms with E-state index >= 15 is 0 Å². The number of thiophene rings is 1. The fourth-order valence-electron chi connectivity index (χ4n) is 1.44. The minimum atomic E-state index is -0.463. The lowest BCUT2D eigenvalue weighted by atomic mass is 10.1. The average Bonchev–Trinajstić information content (AvgIpc) is 2.83. The van der Waals surface area contributed by atoms with E-state index in [4.69, 9.17) is 0 Å². The van der Waals surface area contributed by atoms with E-state index in [-0.39, 0.29) is 11.5 Å². The first-order valence-corrected chi connectivity index (χ1v) is 6.94. The number of nitro groups is 1. The van der Waals surface area contributed by atoms with Gasteiger partial charge >= 0.3 is 0 Å². The Bertz CT molecular complexity index is 663. The molecule has 96 valence electrons. The summed E-state index contributed by atoms with van der Waals surface area (Å²) in [5.74, 6) is -0.123. The molecule has 0 fully saturated rings. The highest BCUT2D eigenvalue weighted by atomic mass is 79.9. The van der Waals surface area contributed by atoms with Gasteiger partial charge in [-0.3, -0.25) is 14.9 Å². The molecule has 2 rings (SSSR count). The topological polar surface area (TPSA) is 60.2 Å². The zero-order valence-electron chi connectivity index (χ0n) is 9.58. The van der Waals surface area contributed by atoms with E-state index in [0.29, 0.717) is 10.4 Å². The number of benzene rings is 1. The molecule has 1 aromatic carbocycles. The highest BCUT2D eigenvalue weighted by molar-refractivity contribution is 9.10. The first kappa shape index (κ1) is 13.6. The third-order valence-corrected chi connectivity index (χ3v) is 4.02. The number of nitrogens with zero attached hydrogens (tertiary/aromatic N) is 1. The van der Waals surface area contributed by atoms with Crippen molar-refractivity contribution >= 4 is 44.8 Å². The lowest BCUT2D eigenvalue weighted by molar-refractivity contribution is -0.384. The highest BCUT2D eigenvalue weighted by Gasteiger charge is 2.06. The minimum absolute atomic E-state index is 0.00784. The van der Waals surface area contributed by atoms with Gasteiger partial charge in [0.1, 0.15) is 0 Å². The molecule has 0 N–H and O–H groups in total. The molecule has 0 spiro atoms. The monoisotopic (exact) mass is 337 g/mol. The predicted molar refractivity (Wildman–Crippen MR) is 78.5 cm³/mol. The zero-order chi connectivity index (χ0) is 13.8. The molecular formula is C13H8BrNO3S. The standard InChI is InChI=1S/C13H8BrNO3S/c14-10-7-13(19-8-10)12(16)5-4-9-2-1-3-11(6-9)15(17)18/h1-8H/b5-4+. The Labute approximate surface area is 121 Å². The van der Waals surface area contributed by atoms with Crippen LogP contribution in [0.3, 0.4) is 0 Å². The molecule has 6 heteroatoms. The summed E-state index contributed by atoms with van der Waals surface area (Å²) in [5, 5.41) is 12.5. The Hall–Kier alpha value is -1.79. The van der Waals surface area contributed by atoms with Gasteiger partial charge in [0.25, 0.3) is 5.69 Å². The number of allylic oxidation sites excluding steroid dienone is 1. The van der Waals surface area contributed by atoms with Gasteiger partial charge in [-0.15, -0.1) is 11.3 Å². The maximum absolute atomic E-state index is 11.8. The van der Waals surface area contributed by atoms with Crippen LogP contribution in [0, 0.1) is 10.1 Å². The summed E-state index contributed by atoms with van der Waals surface area (Å²) in [6.07, 6.45) is 2.99. The van der Waals surface area contributed by atoms with Crippen LogP contribution in [0.2, 0.25) is 0 Å². The summed E-state index contributed by atoms with van der Waals surface area (Å²) in [5.41, 5.74) is 0.631. The van der Waals surface area contributed by atoms with Gasteiger partial charge in [0.05, 0.1) is 9.80 Å². The Morgan fingerprint density at radius 3 is 2.79 bits per heavy atom. The van der Waals surface area contributed by atoms with Gasteiger partial charge in [0, 0.05) is 22.0 Å². The number of carbonyl (C=O) groups excluding carboxylic acids is 1. The van der Waals surface area contributed by atoms with Crippen LogP contribution in [0.4, 0.5) is 5.69 Å². The number of nitro benzene ring substituents is 1. The van der Waals surface area contributed by atoms with Crippen molar-refractivity contribution in [3.8, 4) is 0 Å². The molecule has 0 bridgehead atoms. The molecule has 4 nitrogen and oxygen atoms in total. The number of non-ortho nitro benzene ring substituents is 1. The normalized spacial score (nSPS) is 10.8. The maximum Gasteiger partial charge on any atom is 0.270 e.